The predicted molar refractivity (Wildman–Crippen MR) is 61.5 cm³/mol. The molecule has 2 aromatic rings. The van der Waals surface area contributed by atoms with E-state index in [1.807, 2.05) is 6.07 Å². The summed E-state index contributed by atoms with van der Waals surface area (Å²) in [5, 5.41) is 10.9. The fourth-order valence-electron chi connectivity index (χ4n) is 1.36. The fraction of sp³-hybridized carbons (Fsp3) is 0. The van der Waals surface area contributed by atoms with Crippen LogP contribution in [0.3, 0.4) is 0 Å². The van der Waals surface area contributed by atoms with E-state index < -0.39 is 0 Å². The molecular formula is C10H3Cl3IrN2+3. The summed E-state index contributed by atoms with van der Waals surface area (Å²) in [6.45, 7) is 0. The Morgan fingerprint density at radius 3 is 2.44 bits per heavy atom. The molecule has 0 atom stereocenters. The molecule has 0 aliphatic heterocycles. The quantitative estimate of drug-likeness (QED) is 0.569. The van der Waals surface area contributed by atoms with Crippen LogP contribution in [0.2, 0.25) is 15.3 Å². The molecular weight excluding hydrogens is 447 g/mol. The Balaban J connectivity index is 0.00000128. The molecule has 0 spiro atoms. The van der Waals surface area contributed by atoms with Gasteiger partial charge in [-0.2, -0.15) is 5.26 Å². The van der Waals surface area contributed by atoms with E-state index in [9.17, 15) is 0 Å². The van der Waals surface area contributed by atoms with Gasteiger partial charge >= 0.3 is 20.1 Å². The van der Waals surface area contributed by atoms with E-state index in [0.29, 0.717) is 15.8 Å². The van der Waals surface area contributed by atoms with Crippen LogP contribution in [-0.4, -0.2) is 4.98 Å². The smallest absolute Gasteiger partial charge is 0.222 e. The predicted octanol–water partition coefficient (Wildman–Crippen LogP) is 4.06. The zero-order valence-electron chi connectivity index (χ0n) is 7.59. The van der Waals surface area contributed by atoms with Crippen LogP contribution in [0, 0.1) is 11.3 Å². The average molecular weight is 450 g/mol. The second kappa shape index (κ2) is 5.31. The molecule has 0 N–H and O–H groups in total. The van der Waals surface area contributed by atoms with Crippen molar-refractivity contribution in [2.45, 2.75) is 0 Å². The van der Waals surface area contributed by atoms with E-state index in [2.05, 4.69) is 4.98 Å². The molecule has 0 saturated heterocycles. The number of nitriles is 1. The number of pyridine rings is 1. The number of nitrogens with zero attached hydrogens (tertiary/aromatic N) is 2. The molecule has 0 radical (unpaired) electrons. The Labute approximate surface area is 120 Å². The summed E-state index contributed by atoms with van der Waals surface area (Å²) >= 11 is 17.7. The van der Waals surface area contributed by atoms with Crippen LogP contribution in [0.5, 0.6) is 0 Å². The largest absolute Gasteiger partial charge is 3.00 e. The maximum atomic E-state index is 8.96. The Hall–Kier alpha value is -0.361. The van der Waals surface area contributed by atoms with Crippen molar-refractivity contribution in [3.63, 3.8) is 0 Å². The van der Waals surface area contributed by atoms with Gasteiger partial charge in [0.1, 0.15) is 16.4 Å². The number of rotatable bonds is 0. The van der Waals surface area contributed by atoms with Crippen LogP contribution in [0.25, 0.3) is 10.8 Å². The van der Waals surface area contributed by atoms with Gasteiger partial charge in [0.25, 0.3) is 0 Å². The van der Waals surface area contributed by atoms with Crippen molar-refractivity contribution in [1.29, 1.82) is 5.26 Å². The SMILES string of the molecule is N#Cc1c(Cl)nc(Cl)c2cccc(Cl)c12.[Ir+3]. The normalized spacial score (nSPS) is 9.62. The molecule has 16 heavy (non-hydrogen) atoms. The topological polar surface area (TPSA) is 36.7 Å². The minimum atomic E-state index is 0. The van der Waals surface area contributed by atoms with Crippen LogP contribution >= 0.6 is 34.8 Å². The standard InChI is InChI=1S/C10H3Cl3N2.Ir/c11-7-3-1-2-5-8(7)6(4-14)10(13)15-9(5)12;/h1-3H;/q;+3. The zero-order chi connectivity index (χ0) is 11.0. The Kier molecular flexibility index (Phi) is 4.55. The molecule has 0 aliphatic carbocycles. The Morgan fingerprint density at radius 2 is 1.81 bits per heavy atom. The van der Waals surface area contributed by atoms with Gasteiger partial charge in [0.05, 0.1) is 5.56 Å². The molecule has 2 rings (SSSR count). The first-order valence-electron chi connectivity index (χ1n) is 3.98. The van der Waals surface area contributed by atoms with E-state index in [4.69, 9.17) is 40.1 Å². The Morgan fingerprint density at radius 1 is 1.12 bits per heavy atom. The molecule has 6 heteroatoms. The summed E-state index contributed by atoms with van der Waals surface area (Å²) in [5.74, 6) is 0. The summed E-state index contributed by atoms with van der Waals surface area (Å²) in [6.07, 6.45) is 0. The number of benzene rings is 1. The molecule has 1 aromatic carbocycles. The number of aromatic nitrogens is 1. The van der Waals surface area contributed by atoms with Crippen LogP contribution in [0.1, 0.15) is 5.56 Å². The van der Waals surface area contributed by atoms with Gasteiger partial charge in [0, 0.05) is 15.8 Å². The first-order chi connectivity index (χ1) is 7.15. The summed E-state index contributed by atoms with van der Waals surface area (Å²) in [5.41, 5.74) is 0.252. The summed E-state index contributed by atoms with van der Waals surface area (Å²) in [4.78, 5) is 3.86. The molecule has 0 unspecified atom stereocenters. The van der Waals surface area contributed by atoms with Gasteiger partial charge in [-0.1, -0.05) is 46.9 Å². The van der Waals surface area contributed by atoms with Crippen LogP contribution in [-0.2, 0) is 20.1 Å². The molecule has 0 aliphatic rings. The molecule has 0 saturated carbocycles. The van der Waals surface area contributed by atoms with E-state index >= 15 is 0 Å². The number of fused-ring (bicyclic) bond motifs is 1. The summed E-state index contributed by atoms with van der Waals surface area (Å²) in [6, 6.07) is 7.13. The Bertz CT molecular complexity index is 593. The molecule has 1 aromatic heterocycles. The van der Waals surface area contributed by atoms with Gasteiger partial charge in [0.15, 0.2) is 0 Å². The number of hydrogen-bond acceptors (Lipinski definition) is 2. The first kappa shape index (κ1) is 13.7. The minimum absolute atomic E-state index is 0. The van der Waals surface area contributed by atoms with E-state index in [1.54, 1.807) is 18.2 Å². The second-order valence-corrected chi connectivity index (χ2v) is 3.97. The van der Waals surface area contributed by atoms with Crippen LogP contribution in [0.4, 0.5) is 0 Å². The third kappa shape index (κ3) is 2.18. The third-order valence-electron chi connectivity index (χ3n) is 2.00. The number of halogens is 3. The summed E-state index contributed by atoms with van der Waals surface area (Å²) in [7, 11) is 0. The molecule has 1 heterocycles. The van der Waals surface area contributed by atoms with Crippen molar-refractivity contribution in [2.24, 2.45) is 0 Å². The van der Waals surface area contributed by atoms with E-state index in [1.165, 1.54) is 0 Å². The summed E-state index contributed by atoms with van der Waals surface area (Å²) < 4.78 is 0. The maximum absolute atomic E-state index is 8.96. The van der Waals surface area contributed by atoms with Gasteiger partial charge in [-0.3, -0.25) is 0 Å². The van der Waals surface area contributed by atoms with Crippen molar-refractivity contribution in [3.8, 4) is 6.07 Å². The van der Waals surface area contributed by atoms with Gasteiger partial charge in [-0.05, 0) is 6.07 Å². The van der Waals surface area contributed by atoms with Gasteiger partial charge < -0.3 is 0 Å². The first-order valence-corrected chi connectivity index (χ1v) is 5.12. The van der Waals surface area contributed by atoms with Crippen molar-refractivity contribution in [1.82, 2.24) is 4.98 Å². The fourth-order valence-corrected chi connectivity index (χ4v) is 2.13. The third-order valence-corrected chi connectivity index (χ3v) is 2.88. The van der Waals surface area contributed by atoms with Crippen molar-refractivity contribution in [3.05, 3.63) is 39.1 Å². The van der Waals surface area contributed by atoms with Crippen molar-refractivity contribution >= 4 is 45.6 Å². The monoisotopic (exact) mass is 449 g/mol. The average Bonchev–Trinajstić information content (AvgIpc) is 2.20. The molecule has 0 amide bonds. The maximum Gasteiger partial charge on any atom is 3.00 e. The molecule has 2 nitrogen and oxygen atoms in total. The van der Waals surface area contributed by atoms with E-state index in [-0.39, 0.29) is 36.0 Å². The molecule has 80 valence electrons. The van der Waals surface area contributed by atoms with Gasteiger partial charge in [0.2, 0.25) is 0 Å². The number of hydrogen-bond donors (Lipinski definition) is 0. The second-order valence-electron chi connectivity index (χ2n) is 2.84. The van der Waals surface area contributed by atoms with Crippen molar-refractivity contribution < 1.29 is 20.1 Å². The van der Waals surface area contributed by atoms with Gasteiger partial charge in [-0.15, -0.1) is 0 Å². The molecule has 0 bridgehead atoms. The van der Waals surface area contributed by atoms with E-state index in [0.717, 1.165) is 0 Å². The van der Waals surface area contributed by atoms with Gasteiger partial charge in [-0.25, -0.2) is 4.98 Å². The van der Waals surface area contributed by atoms with Crippen molar-refractivity contribution in [2.75, 3.05) is 0 Å². The zero-order valence-corrected chi connectivity index (χ0v) is 12.3. The van der Waals surface area contributed by atoms with Crippen LogP contribution < -0.4 is 0 Å². The minimum Gasteiger partial charge on any atom is -0.222 e. The van der Waals surface area contributed by atoms with Crippen LogP contribution in [0.15, 0.2) is 18.2 Å². The molecule has 0 fully saturated rings.